The quantitative estimate of drug-likeness (QED) is 0.854. The third-order valence-corrected chi connectivity index (χ3v) is 2.18. The van der Waals surface area contributed by atoms with E-state index in [9.17, 15) is 0 Å². The molecule has 0 bridgehead atoms. The molecule has 0 aliphatic carbocycles. The van der Waals surface area contributed by atoms with E-state index in [1.807, 2.05) is 0 Å². The van der Waals surface area contributed by atoms with Crippen LogP contribution in [0.1, 0.15) is 13.8 Å². The second-order valence-electron chi connectivity index (χ2n) is 3.35. The van der Waals surface area contributed by atoms with Gasteiger partial charge in [-0.25, -0.2) is 4.98 Å². The first-order valence-corrected chi connectivity index (χ1v) is 5.15. The van der Waals surface area contributed by atoms with E-state index in [0.29, 0.717) is 16.3 Å². The summed E-state index contributed by atoms with van der Waals surface area (Å²) in [6, 6.07) is 0. The lowest BCUT2D eigenvalue weighted by Crippen LogP contribution is -2.26. The van der Waals surface area contributed by atoms with E-state index >= 15 is 0 Å². The van der Waals surface area contributed by atoms with Gasteiger partial charge in [0.1, 0.15) is 0 Å². The Hall–Kier alpha value is -1.28. The van der Waals surface area contributed by atoms with E-state index in [-0.39, 0.29) is 0 Å². The van der Waals surface area contributed by atoms with Gasteiger partial charge in [-0.3, -0.25) is 0 Å². The highest BCUT2D eigenvalue weighted by atomic mass is 79.9. The Balaban J connectivity index is 2.99. The van der Waals surface area contributed by atoms with Crippen LogP contribution in [0, 0.1) is 12.3 Å². The fourth-order valence-corrected chi connectivity index (χ4v) is 1.09. The van der Waals surface area contributed by atoms with Crippen LogP contribution in [0.2, 0.25) is 0 Å². The molecule has 1 N–H and O–H groups in total. The molecule has 5 heteroatoms. The van der Waals surface area contributed by atoms with Gasteiger partial charge in [-0.1, -0.05) is 5.92 Å². The van der Waals surface area contributed by atoms with Crippen LogP contribution in [-0.4, -0.2) is 22.6 Å². The lowest BCUT2D eigenvalue weighted by molar-refractivity contribution is 0.163. The molecule has 0 saturated carbocycles. The third-order valence-electron chi connectivity index (χ3n) is 1.63. The molecule has 0 aromatic carbocycles. The predicted molar refractivity (Wildman–Crippen MR) is 62.8 cm³/mol. The van der Waals surface area contributed by atoms with Crippen LogP contribution in [0.4, 0.5) is 5.95 Å². The van der Waals surface area contributed by atoms with Crippen molar-refractivity contribution in [3.05, 3.63) is 10.7 Å². The first-order chi connectivity index (χ1) is 6.98. The van der Waals surface area contributed by atoms with Gasteiger partial charge in [-0.2, -0.15) is 4.98 Å². The summed E-state index contributed by atoms with van der Waals surface area (Å²) in [6.45, 7) is 3.58. The van der Waals surface area contributed by atoms with E-state index in [4.69, 9.17) is 11.2 Å². The molecule has 0 fully saturated rings. The van der Waals surface area contributed by atoms with Crippen LogP contribution in [-0.2, 0) is 0 Å². The van der Waals surface area contributed by atoms with Crippen molar-refractivity contribution in [3.8, 4) is 18.2 Å². The van der Waals surface area contributed by atoms with Crippen molar-refractivity contribution in [2.45, 2.75) is 19.4 Å². The molecule has 1 rings (SSSR count). The van der Waals surface area contributed by atoms with Crippen LogP contribution in [0.3, 0.4) is 0 Å². The SMILES string of the molecule is C#CC(C)(C)Oc1nc(NC)ncc1Br. The number of terminal acetylenes is 1. The molecule has 0 radical (unpaired) electrons. The van der Waals surface area contributed by atoms with Gasteiger partial charge in [0.2, 0.25) is 11.8 Å². The van der Waals surface area contributed by atoms with E-state index in [2.05, 4.69) is 37.1 Å². The number of anilines is 1. The normalized spacial score (nSPS) is 10.6. The maximum Gasteiger partial charge on any atom is 0.234 e. The molecular weight excluding hydrogens is 258 g/mol. The Labute approximate surface area is 97.6 Å². The van der Waals surface area contributed by atoms with Crippen LogP contribution < -0.4 is 10.1 Å². The van der Waals surface area contributed by atoms with Gasteiger partial charge in [0.15, 0.2) is 5.60 Å². The Morgan fingerprint density at radius 1 is 1.60 bits per heavy atom. The number of rotatable bonds is 3. The largest absolute Gasteiger partial charge is 0.458 e. The summed E-state index contributed by atoms with van der Waals surface area (Å²) in [7, 11) is 1.74. The van der Waals surface area contributed by atoms with Crippen molar-refractivity contribution < 1.29 is 4.74 Å². The van der Waals surface area contributed by atoms with Crippen molar-refractivity contribution in [3.63, 3.8) is 0 Å². The summed E-state index contributed by atoms with van der Waals surface area (Å²) in [5, 5.41) is 2.82. The first-order valence-electron chi connectivity index (χ1n) is 4.35. The minimum atomic E-state index is -0.693. The number of hydrogen-bond donors (Lipinski definition) is 1. The number of ether oxygens (including phenoxy) is 1. The van der Waals surface area contributed by atoms with Crippen molar-refractivity contribution in [2.24, 2.45) is 0 Å². The lowest BCUT2D eigenvalue weighted by atomic mass is 10.1. The van der Waals surface area contributed by atoms with Crippen LogP contribution in [0.5, 0.6) is 5.88 Å². The van der Waals surface area contributed by atoms with Gasteiger partial charge < -0.3 is 10.1 Å². The van der Waals surface area contributed by atoms with Gasteiger partial charge in [0.05, 0.1) is 10.7 Å². The van der Waals surface area contributed by atoms with Gasteiger partial charge in [-0.05, 0) is 29.8 Å². The molecule has 0 saturated heterocycles. The summed E-state index contributed by atoms with van der Waals surface area (Å²) in [5.74, 6) is 3.45. The van der Waals surface area contributed by atoms with E-state index in [1.165, 1.54) is 0 Å². The predicted octanol–water partition coefficient (Wildman–Crippen LogP) is 2.07. The van der Waals surface area contributed by atoms with E-state index in [1.54, 1.807) is 27.1 Å². The van der Waals surface area contributed by atoms with Crippen molar-refractivity contribution in [1.82, 2.24) is 9.97 Å². The average Bonchev–Trinajstić information content (AvgIpc) is 2.21. The zero-order valence-electron chi connectivity index (χ0n) is 8.84. The van der Waals surface area contributed by atoms with Crippen molar-refractivity contribution >= 4 is 21.9 Å². The second-order valence-corrected chi connectivity index (χ2v) is 4.21. The van der Waals surface area contributed by atoms with Crippen LogP contribution in [0.25, 0.3) is 0 Å². The third kappa shape index (κ3) is 3.10. The standard InChI is InChI=1S/C10H12BrN3O/c1-5-10(2,3)15-8-7(11)6-13-9(12-4)14-8/h1,6H,2-4H3,(H,12,13,14). The van der Waals surface area contributed by atoms with E-state index < -0.39 is 5.60 Å². The van der Waals surface area contributed by atoms with Gasteiger partial charge in [0, 0.05) is 7.05 Å². The molecule has 4 nitrogen and oxygen atoms in total. The number of nitrogens with zero attached hydrogens (tertiary/aromatic N) is 2. The maximum absolute atomic E-state index is 5.55. The fourth-order valence-electron chi connectivity index (χ4n) is 0.815. The molecule has 1 heterocycles. The highest BCUT2D eigenvalue weighted by Gasteiger charge is 2.18. The van der Waals surface area contributed by atoms with Gasteiger partial charge in [-0.15, -0.1) is 6.42 Å². The smallest absolute Gasteiger partial charge is 0.234 e. The Morgan fingerprint density at radius 2 is 2.27 bits per heavy atom. The van der Waals surface area contributed by atoms with Gasteiger partial charge >= 0.3 is 0 Å². The molecule has 1 aromatic rings. The molecule has 1 aromatic heterocycles. The summed E-state index contributed by atoms with van der Waals surface area (Å²) in [4.78, 5) is 8.15. The number of hydrogen-bond acceptors (Lipinski definition) is 4. The summed E-state index contributed by atoms with van der Waals surface area (Å²) >= 11 is 3.30. The molecule has 80 valence electrons. The zero-order valence-corrected chi connectivity index (χ0v) is 10.4. The zero-order chi connectivity index (χ0) is 11.5. The molecule has 0 atom stereocenters. The summed E-state index contributed by atoms with van der Waals surface area (Å²) in [6.07, 6.45) is 6.94. The Bertz CT molecular complexity index is 398. The Kier molecular flexibility index (Phi) is 3.53. The second kappa shape index (κ2) is 4.49. The fraction of sp³-hybridized carbons (Fsp3) is 0.400. The average molecular weight is 270 g/mol. The summed E-state index contributed by atoms with van der Waals surface area (Å²) < 4.78 is 6.22. The molecule has 15 heavy (non-hydrogen) atoms. The van der Waals surface area contributed by atoms with Crippen LogP contribution in [0.15, 0.2) is 10.7 Å². The number of nitrogens with one attached hydrogen (secondary N) is 1. The monoisotopic (exact) mass is 269 g/mol. The maximum atomic E-state index is 5.55. The highest BCUT2D eigenvalue weighted by Crippen LogP contribution is 2.25. The first kappa shape index (κ1) is 11.8. The highest BCUT2D eigenvalue weighted by molar-refractivity contribution is 9.10. The molecule has 0 unspecified atom stereocenters. The molecular formula is C10H12BrN3O. The van der Waals surface area contributed by atoms with Crippen molar-refractivity contribution in [2.75, 3.05) is 12.4 Å². The molecule has 0 amide bonds. The Morgan fingerprint density at radius 3 is 2.80 bits per heavy atom. The molecule has 0 spiro atoms. The van der Waals surface area contributed by atoms with Gasteiger partial charge in [0.25, 0.3) is 0 Å². The molecule has 0 aliphatic heterocycles. The number of halogens is 1. The minimum Gasteiger partial charge on any atom is -0.458 e. The molecule has 0 aliphatic rings. The summed E-state index contributed by atoms with van der Waals surface area (Å²) in [5.41, 5.74) is -0.693. The number of aromatic nitrogens is 2. The lowest BCUT2D eigenvalue weighted by Gasteiger charge is -2.20. The minimum absolute atomic E-state index is 0.428. The van der Waals surface area contributed by atoms with Crippen molar-refractivity contribution in [1.29, 1.82) is 0 Å². The van der Waals surface area contributed by atoms with Crippen LogP contribution >= 0.6 is 15.9 Å². The topological polar surface area (TPSA) is 47.0 Å². The van der Waals surface area contributed by atoms with E-state index in [0.717, 1.165) is 0 Å².